The molecule has 0 aliphatic carbocycles. The number of aliphatic hydroxyl groups is 1. The van der Waals surface area contributed by atoms with Crippen LogP contribution in [0.5, 0.6) is 5.75 Å². The number of primary amides is 1. The molecule has 8 nitrogen and oxygen atoms in total. The monoisotopic (exact) mass is 374 g/mol. The van der Waals surface area contributed by atoms with Gasteiger partial charge in [-0.25, -0.2) is 4.98 Å². The van der Waals surface area contributed by atoms with E-state index in [1.54, 1.807) is 10.8 Å². The molecule has 1 saturated heterocycles. The zero-order valence-corrected chi connectivity index (χ0v) is 15.3. The summed E-state index contributed by atoms with van der Waals surface area (Å²) in [4.78, 5) is 17.2. The molecular formula is C19H26N4O4. The van der Waals surface area contributed by atoms with Crippen LogP contribution in [-0.4, -0.2) is 59.6 Å². The molecule has 3 rings (SSSR count). The van der Waals surface area contributed by atoms with Crippen molar-refractivity contribution in [1.82, 2.24) is 9.55 Å². The molecule has 1 aliphatic heterocycles. The van der Waals surface area contributed by atoms with Gasteiger partial charge in [0.2, 0.25) is 0 Å². The highest BCUT2D eigenvalue weighted by Gasteiger charge is 2.12. The fraction of sp³-hybridized carbons (Fsp3) is 0.474. The fourth-order valence-electron chi connectivity index (χ4n) is 3.02. The largest absolute Gasteiger partial charge is 0.494 e. The van der Waals surface area contributed by atoms with Crippen LogP contribution >= 0.6 is 0 Å². The van der Waals surface area contributed by atoms with Crippen LogP contribution in [0.2, 0.25) is 0 Å². The Bertz CT molecular complexity index is 743. The summed E-state index contributed by atoms with van der Waals surface area (Å²) >= 11 is 0. The van der Waals surface area contributed by atoms with Crippen molar-refractivity contribution >= 4 is 11.6 Å². The molecule has 0 saturated carbocycles. The summed E-state index contributed by atoms with van der Waals surface area (Å²) in [6, 6.07) is 8.05. The quantitative estimate of drug-likeness (QED) is 0.636. The molecule has 1 aromatic carbocycles. The van der Waals surface area contributed by atoms with Crippen LogP contribution in [0.3, 0.4) is 0 Å². The van der Waals surface area contributed by atoms with E-state index in [1.165, 1.54) is 6.33 Å². The van der Waals surface area contributed by atoms with Crippen LogP contribution in [0, 0.1) is 0 Å². The topological polar surface area (TPSA) is 103 Å². The molecule has 3 N–H and O–H groups in total. The molecule has 0 bridgehead atoms. The number of hydrogen-bond donors (Lipinski definition) is 2. The van der Waals surface area contributed by atoms with Crippen molar-refractivity contribution in [2.45, 2.75) is 25.5 Å². The first-order valence-corrected chi connectivity index (χ1v) is 9.17. The van der Waals surface area contributed by atoms with Gasteiger partial charge in [-0.15, -0.1) is 0 Å². The number of aliphatic hydroxyl groups excluding tert-OH is 1. The lowest BCUT2D eigenvalue weighted by molar-refractivity contribution is 0.0995. The number of amides is 1. The number of hydrogen-bond acceptors (Lipinski definition) is 6. The van der Waals surface area contributed by atoms with E-state index in [0.29, 0.717) is 19.6 Å². The predicted octanol–water partition coefficient (Wildman–Crippen LogP) is 1.04. The minimum atomic E-state index is -0.573. The van der Waals surface area contributed by atoms with Gasteiger partial charge >= 0.3 is 0 Å². The Morgan fingerprint density at radius 2 is 2.19 bits per heavy atom. The Morgan fingerprint density at radius 3 is 2.93 bits per heavy atom. The third-order valence-electron chi connectivity index (χ3n) is 4.45. The Hall–Kier alpha value is -2.58. The fourth-order valence-corrected chi connectivity index (χ4v) is 3.02. The van der Waals surface area contributed by atoms with Crippen molar-refractivity contribution in [2.24, 2.45) is 5.73 Å². The SMILES string of the molecule is NC(=O)c1cn(CC(O)CCCOc2cccc(N3CCOCC3)c2)cn1. The number of benzene rings is 1. The van der Waals surface area contributed by atoms with Crippen LogP contribution in [0.4, 0.5) is 5.69 Å². The maximum atomic E-state index is 11.0. The molecule has 0 radical (unpaired) electrons. The van der Waals surface area contributed by atoms with E-state index in [0.717, 1.165) is 44.2 Å². The molecule has 27 heavy (non-hydrogen) atoms. The first-order valence-electron chi connectivity index (χ1n) is 9.17. The standard InChI is InChI=1S/C19H26N4O4/c20-19(25)18-13-22(14-21-18)12-16(24)4-2-8-27-17-5-1-3-15(11-17)23-6-9-26-10-7-23/h1,3,5,11,13-14,16,24H,2,4,6-10,12H2,(H2,20,25). The van der Waals surface area contributed by atoms with E-state index in [9.17, 15) is 9.90 Å². The van der Waals surface area contributed by atoms with Crippen molar-refractivity contribution in [1.29, 1.82) is 0 Å². The molecule has 146 valence electrons. The highest BCUT2D eigenvalue weighted by Crippen LogP contribution is 2.22. The highest BCUT2D eigenvalue weighted by atomic mass is 16.5. The van der Waals surface area contributed by atoms with E-state index in [1.807, 2.05) is 18.2 Å². The lowest BCUT2D eigenvalue weighted by Gasteiger charge is -2.29. The summed E-state index contributed by atoms with van der Waals surface area (Å²) in [6.45, 7) is 4.18. The molecule has 8 heteroatoms. The van der Waals surface area contributed by atoms with Crippen LogP contribution in [0.25, 0.3) is 0 Å². The molecule has 1 unspecified atom stereocenters. The molecule has 2 aromatic rings. The van der Waals surface area contributed by atoms with E-state index < -0.39 is 12.0 Å². The molecule has 0 spiro atoms. The average Bonchev–Trinajstić information content (AvgIpc) is 3.15. The van der Waals surface area contributed by atoms with E-state index in [2.05, 4.69) is 16.0 Å². The minimum absolute atomic E-state index is 0.200. The van der Waals surface area contributed by atoms with Gasteiger partial charge in [0.25, 0.3) is 5.91 Å². The lowest BCUT2D eigenvalue weighted by Crippen LogP contribution is -2.36. The van der Waals surface area contributed by atoms with Crippen LogP contribution in [0.1, 0.15) is 23.3 Å². The Morgan fingerprint density at radius 1 is 1.37 bits per heavy atom. The minimum Gasteiger partial charge on any atom is -0.494 e. The molecular weight excluding hydrogens is 348 g/mol. The number of imidazole rings is 1. The van der Waals surface area contributed by atoms with Crippen molar-refractivity contribution in [3.63, 3.8) is 0 Å². The second-order valence-corrected chi connectivity index (χ2v) is 6.56. The summed E-state index contributed by atoms with van der Waals surface area (Å²) in [6.07, 6.45) is 3.81. The van der Waals surface area contributed by atoms with Gasteiger partial charge in [0.15, 0.2) is 0 Å². The third kappa shape index (κ3) is 5.70. The van der Waals surface area contributed by atoms with Gasteiger partial charge in [-0.05, 0) is 25.0 Å². The Kier molecular flexibility index (Phi) is 6.67. The van der Waals surface area contributed by atoms with E-state index in [4.69, 9.17) is 15.2 Å². The average molecular weight is 374 g/mol. The maximum absolute atomic E-state index is 11.0. The summed E-state index contributed by atoms with van der Waals surface area (Å²) < 4.78 is 12.9. The van der Waals surface area contributed by atoms with Crippen molar-refractivity contribution in [3.8, 4) is 5.75 Å². The number of ether oxygens (including phenoxy) is 2. The molecule has 1 amide bonds. The number of nitrogens with two attached hydrogens (primary N) is 1. The van der Waals surface area contributed by atoms with Crippen LogP contribution < -0.4 is 15.4 Å². The van der Waals surface area contributed by atoms with Gasteiger partial charge in [-0.1, -0.05) is 6.07 Å². The number of aromatic nitrogens is 2. The maximum Gasteiger partial charge on any atom is 0.268 e. The second kappa shape index (κ2) is 9.38. The zero-order chi connectivity index (χ0) is 19.1. The zero-order valence-electron chi connectivity index (χ0n) is 15.3. The molecule has 1 aliphatic rings. The number of carbonyl (C=O) groups excluding carboxylic acids is 1. The van der Waals surface area contributed by atoms with E-state index in [-0.39, 0.29) is 5.69 Å². The lowest BCUT2D eigenvalue weighted by atomic mass is 10.2. The van der Waals surface area contributed by atoms with Crippen molar-refractivity contribution in [2.75, 3.05) is 37.8 Å². The van der Waals surface area contributed by atoms with Crippen LogP contribution in [-0.2, 0) is 11.3 Å². The normalized spacial score (nSPS) is 15.5. The van der Waals surface area contributed by atoms with Crippen molar-refractivity contribution < 1.29 is 19.4 Å². The first-order chi connectivity index (χ1) is 13.1. The van der Waals surface area contributed by atoms with Gasteiger partial charge in [-0.2, -0.15) is 0 Å². The number of rotatable bonds is 9. The summed E-state index contributed by atoms with van der Waals surface area (Å²) in [5.74, 6) is 0.255. The molecule has 1 fully saturated rings. The van der Waals surface area contributed by atoms with Gasteiger partial charge in [0, 0.05) is 37.6 Å². The smallest absolute Gasteiger partial charge is 0.268 e. The van der Waals surface area contributed by atoms with Gasteiger partial charge < -0.3 is 29.8 Å². The number of carbonyl (C=O) groups is 1. The number of morpholine rings is 1. The van der Waals surface area contributed by atoms with Crippen molar-refractivity contribution in [3.05, 3.63) is 42.5 Å². The van der Waals surface area contributed by atoms with E-state index >= 15 is 0 Å². The Balaban J connectivity index is 1.39. The third-order valence-corrected chi connectivity index (χ3v) is 4.45. The van der Waals surface area contributed by atoms with Gasteiger partial charge in [0.05, 0.1) is 32.3 Å². The van der Waals surface area contributed by atoms with Gasteiger partial charge in [0.1, 0.15) is 11.4 Å². The Labute approximate surface area is 158 Å². The van der Waals surface area contributed by atoms with Gasteiger partial charge in [-0.3, -0.25) is 4.79 Å². The molecule has 1 aromatic heterocycles. The number of anilines is 1. The van der Waals surface area contributed by atoms with Crippen LogP contribution in [0.15, 0.2) is 36.8 Å². The first kappa shape index (κ1) is 19.2. The summed E-state index contributed by atoms with van der Waals surface area (Å²) in [5.41, 5.74) is 6.51. The second-order valence-electron chi connectivity index (χ2n) is 6.56. The molecule has 2 heterocycles. The summed E-state index contributed by atoms with van der Waals surface area (Å²) in [7, 11) is 0. The molecule has 1 atom stereocenters. The predicted molar refractivity (Wildman–Crippen MR) is 101 cm³/mol. The number of nitrogens with zero attached hydrogens (tertiary/aromatic N) is 3. The highest BCUT2D eigenvalue weighted by molar-refractivity contribution is 5.90. The summed E-state index contributed by atoms with van der Waals surface area (Å²) in [5, 5.41) is 10.1.